The second-order valence-corrected chi connectivity index (χ2v) is 7.74. The van der Waals surface area contributed by atoms with Gasteiger partial charge in [-0.25, -0.2) is 4.79 Å². The molecule has 2 unspecified atom stereocenters. The Kier molecular flexibility index (Phi) is 5.54. The molecule has 162 valence electrons. The van der Waals surface area contributed by atoms with Crippen molar-refractivity contribution in [3.05, 3.63) is 59.7 Å². The number of ether oxygens (including phenoxy) is 2. The third-order valence-electron chi connectivity index (χ3n) is 5.64. The van der Waals surface area contributed by atoms with Gasteiger partial charge < -0.3 is 20.1 Å². The number of hydrogen-bond acceptors (Lipinski definition) is 5. The molecule has 0 aliphatic carbocycles. The normalized spacial score (nSPS) is 20.5. The first-order valence-corrected chi connectivity index (χ1v) is 10.3. The van der Waals surface area contributed by atoms with Crippen molar-refractivity contribution in [2.75, 3.05) is 13.3 Å². The number of imide groups is 1. The number of fused-ring (bicyclic) bond motifs is 1. The van der Waals surface area contributed by atoms with Crippen LogP contribution in [0.25, 0.3) is 0 Å². The van der Waals surface area contributed by atoms with Crippen molar-refractivity contribution in [3.8, 4) is 11.5 Å². The maximum atomic E-state index is 13.3. The van der Waals surface area contributed by atoms with Crippen LogP contribution in [0.15, 0.2) is 48.5 Å². The Hall–Kier alpha value is -3.55. The number of carbonyl (C=O) groups is 3. The molecule has 8 nitrogen and oxygen atoms in total. The number of rotatable bonds is 7. The van der Waals surface area contributed by atoms with Crippen molar-refractivity contribution in [2.24, 2.45) is 0 Å². The van der Waals surface area contributed by atoms with Gasteiger partial charge in [-0.05, 0) is 36.6 Å². The van der Waals surface area contributed by atoms with Crippen LogP contribution in [-0.4, -0.2) is 36.1 Å². The molecule has 0 bridgehead atoms. The summed E-state index contributed by atoms with van der Waals surface area (Å²) in [6.07, 6.45) is 1.15. The summed E-state index contributed by atoms with van der Waals surface area (Å²) in [7, 11) is 0. The Morgan fingerprint density at radius 3 is 2.65 bits per heavy atom. The van der Waals surface area contributed by atoms with Gasteiger partial charge in [-0.2, -0.15) is 0 Å². The van der Waals surface area contributed by atoms with Gasteiger partial charge in [0.25, 0.3) is 5.91 Å². The van der Waals surface area contributed by atoms with Crippen molar-refractivity contribution >= 4 is 17.8 Å². The lowest BCUT2D eigenvalue weighted by Gasteiger charge is -2.27. The monoisotopic (exact) mass is 423 g/mol. The minimum atomic E-state index is -1.14. The summed E-state index contributed by atoms with van der Waals surface area (Å²) in [6.45, 7) is 3.60. The van der Waals surface area contributed by atoms with Crippen molar-refractivity contribution in [3.63, 3.8) is 0 Å². The summed E-state index contributed by atoms with van der Waals surface area (Å²) in [5.74, 6) is 0.458. The van der Waals surface area contributed by atoms with Crippen molar-refractivity contribution in [1.82, 2.24) is 15.5 Å². The predicted octanol–water partition coefficient (Wildman–Crippen LogP) is 2.84. The molecule has 0 radical (unpaired) electrons. The van der Waals surface area contributed by atoms with Gasteiger partial charge in [0.05, 0.1) is 6.04 Å². The molecule has 31 heavy (non-hydrogen) atoms. The number of nitrogens with one attached hydrogen (secondary N) is 2. The highest BCUT2D eigenvalue weighted by Crippen LogP contribution is 2.35. The zero-order chi connectivity index (χ0) is 22.0. The molecule has 2 atom stereocenters. The van der Waals surface area contributed by atoms with E-state index < -0.39 is 23.4 Å². The van der Waals surface area contributed by atoms with Crippen LogP contribution in [0.2, 0.25) is 0 Å². The van der Waals surface area contributed by atoms with E-state index in [1.54, 1.807) is 6.07 Å². The molecule has 1 saturated heterocycles. The molecule has 4 rings (SSSR count). The Morgan fingerprint density at radius 1 is 1.16 bits per heavy atom. The molecule has 0 aromatic heterocycles. The quantitative estimate of drug-likeness (QED) is 0.668. The molecule has 4 amide bonds. The molecular formula is C23H25N3O5. The lowest BCUT2D eigenvalue weighted by Crippen LogP contribution is -2.45. The fraction of sp³-hybridized carbons (Fsp3) is 0.348. The maximum absolute atomic E-state index is 13.3. The average Bonchev–Trinajstić information content (AvgIpc) is 3.33. The van der Waals surface area contributed by atoms with Gasteiger partial charge >= 0.3 is 6.03 Å². The third kappa shape index (κ3) is 3.81. The lowest BCUT2D eigenvalue weighted by atomic mass is 9.85. The Labute approximate surface area is 180 Å². The van der Waals surface area contributed by atoms with Gasteiger partial charge in [0.2, 0.25) is 12.7 Å². The molecule has 1 fully saturated rings. The number of carbonyl (C=O) groups excluding carboxylic acids is 3. The van der Waals surface area contributed by atoms with Gasteiger partial charge in [-0.15, -0.1) is 0 Å². The van der Waals surface area contributed by atoms with E-state index in [4.69, 9.17) is 9.47 Å². The summed E-state index contributed by atoms with van der Waals surface area (Å²) in [4.78, 5) is 39.6. The first-order chi connectivity index (χ1) is 14.9. The second kappa shape index (κ2) is 8.29. The lowest BCUT2D eigenvalue weighted by molar-refractivity contribution is -0.135. The Bertz CT molecular complexity index is 1010. The SMILES string of the molecule is CCCC1(c2ccccc2)NC(=O)N(CC(=O)NC(C)c2ccc3c(c2)OCO3)C1=O. The van der Waals surface area contributed by atoms with Gasteiger partial charge in [0.15, 0.2) is 11.5 Å². The van der Waals surface area contributed by atoms with Crippen LogP contribution >= 0.6 is 0 Å². The molecule has 2 N–H and O–H groups in total. The summed E-state index contributed by atoms with van der Waals surface area (Å²) >= 11 is 0. The zero-order valence-electron chi connectivity index (χ0n) is 17.5. The summed E-state index contributed by atoms with van der Waals surface area (Å²) in [5.41, 5.74) is 0.405. The zero-order valence-corrected chi connectivity index (χ0v) is 17.5. The van der Waals surface area contributed by atoms with Crippen molar-refractivity contribution in [1.29, 1.82) is 0 Å². The van der Waals surface area contributed by atoms with E-state index in [-0.39, 0.29) is 19.4 Å². The second-order valence-electron chi connectivity index (χ2n) is 7.74. The minimum Gasteiger partial charge on any atom is -0.454 e. The first-order valence-electron chi connectivity index (χ1n) is 10.3. The fourth-order valence-electron chi connectivity index (χ4n) is 4.07. The maximum Gasteiger partial charge on any atom is 0.325 e. The fourth-order valence-corrected chi connectivity index (χ4v) is 4.07. The van der Waals surface area contributed by atoms with Crippen LogP contribution in [0.5, 0.6) is 11.5 Å². The van der Waals surface area contributed by atoms with Crippen LogP contribution < -0.4 is 20.1 Å². The van der Waals surface area contributed by atoms with E-state index >= 15 is 0 Å². The van der Waals surface area contributed by atoms with Gasteiger partial charge in [-0.1, -0.05) is 49.7 Å². The molecule has 0 spiro atoms. The topological polar surface area (TPSA) is 97.0 Å². The average molecular weight is 423 g/mol. The standard InChI is InChI=1S/C23H25N3O5/c1-3-11-23(17-7-5-4-6-8-17)21(28)26(22(29)25-23)13-20(27)24-15(2)16-9-10-18-19(12-16)31-14-30-18/h4-10,12,15H,3,11,13-14H2,1-2H3,(H,24,27)(H,25,29). The van der Waals surface area contributed by atoms with Crippen molar-refractivity contribution in [2.45, 2.75) is 38.3 Å². The summed E-state index contributed by atoms with van der Waals surface area (Å²) < 4.78 is 10.7. The highest BCUT2D eigenvalue weighted by Gasteiger charge is 2.52. The summed E-state index contributed by atoms with van der Waals surface area (Å²) in [6, 6.07) is 13.7. The number of urea groups is 1. The molecule has 2 heterocycles. The van der Waals surface area contributed by atoms with Crippen LogP contribution in [-0.2, 0) is 15.1 Å². The highest BCUT2D eigenvalue weighted by atomic mass is 16.7. The van der Waals surface area contributed by atoms with E-state index in [0.29, 0.717) is 29.9 Å². The van der Waals surface area contributed by atoms with Gasteiger partial charge in [0.1, 0.15) is 12.1 Å². The van der Waals surface area contributed by atoms with Gasteiger partial charge in [0, 0.05) is 0 Å². The molecule has 0 saturated carbocycles. The van der Waals surface area contributed by atoms with E-state index in [1.165, 1.54) is 0 Å². The molecule has 2 aliphatic rings. The van der Waals surface area contributed by atoms with E-state index in [2.05, 4.69) is 10.6 Å². The van der Waals surface area contributed by atoms with Crippen LogP contribution in [0.1, 0.15) is 43.9 Å². The Morgan fingerprint density at radius 2 is 1.90 bits per heavy atom. The van der Waals surface area contributed by atoms with Crippen molar-refractivity contribution < 1.29 is 23.9 Å². The molecule has 2 aromatic rings. The van der Waals surface area contributed by atoms with Gasteiger partial charge in [-0.3, -0.25) is 14.5 Å². The Balaban J connectivity index is 1.46. The smallest absolute Gasteiger partial charge is 0.325 e. The van der Waals surface area contributed by atoms with Crippen LogP contribution in [0.3, 0.4) is 0 Å². The minimum absolute atomic E-state index is 0.173. The number of hydrogen-bond donors (Lipinski definition) is 2. The van der Waals surface area contributed by atoms with Crippen LogP contribution in [0, 0.1) is 0 Å². The molecule has 8 heteroatoms. The highest BCUT2D eigenvalue weighted by molar-refractivity contribution is 6.09. The van der Waals surface area contributed by atoms with Crippen LogP contribution in [0.4, 0.5) is 4.79 Å². The number of amides is 4. The summed E-state index contributed by atoms with van der Waals surface area (Å²) in [5, 5.41) is 5.68. The molecular weight excluding hydrogens is 398 g/mol. The largest absolute Gasteiger partial charge is 0.454 e. The molecule has 2 aliphatic heterocycles. The number of benzene rings is 2. The van der Waals surface area contributed by atoms with E-state index in [9.17, 15) is 14.4 Å². The first kappa shape index (κ1) is 20.7. The molecule has 2 aromatic carbocycles. The van der Waals surface area contributed by atoms with E-state index in [1.807, 2.05) is 56.3 Å². The van der Waals surface area contributed by atoms with E-state index in [0.717, 1.165) is 10.5 Å². The number of nitrogens with zero attached hydrogens (tertiary/aromatic N) is 1. The predicted molar refractivity (Wildman–Crippen MR) is 112 cm³/mol. The third-order valence-corrected chi connectivity index (χ3v) is 5.64.